The van der Waals surface area contributed by atoms with E-state index in [-0.39, 0.29) is 0 Å². The standard InChI is InChI=1S/C13H20BrNOS/c1-3-15-11(2)7-6-10-17(16)13-9-5-4-8-12(13)14/h4-5,8-9,11,15H,3,6-7,10H2,1-2H3. The van der Waals surface area contributed by atoms with Crippen LogP contribution in [0.4, 0.5) is 0 Å². The van der Waals surface area contributed by atoms with Crippen molar-refractivity contribution < 1.29 is 4.21 Å². The van der Waals surface area contributed by atoms with Crippen LogP contribution >= 0.6 is 15.9 Å². The highest BCUT2D eigenvalue weighted by Crippen LogP contribution is 2.20. The van der Waals surface area contributed by atoms with Gasteiger partial charge in [-0.25, -0.2) is 0 Å². The Kier molecular flexibility index (Phi) is 7.00. The van der Waals surface area contributed by atoms with E-state index in [0.717, 1.165) is 34.5 Å². The summed E-state index contributed by atoms with van der Waals surface area (Å²) in [6, 6.07) is 8.25. The van der Waals surface area contributed by atoms with Gasteiger partial charge in [-0.15, -0.1) is 0 Å². The van der Waals surface area contributed by atoms with Crippen molar-refractivity contribution in [3.05, 3.63) is 28.7 Å². The Labute approximate surface area is 115 Å². The Bertz CT molecular complexity index is 370. The van der Waals surface area contributed by atoms with Crippen LogP contribution in [0.3, 0.4) is 0 Å². The van der Waals surface area contributed by atoms with Gasteiger partial charge < -0.3 is 5.32 Å². The summed E-state index contributed by atoms with van der Waals surface area (Å²) in [5.41, 5.74) is 0. The Morgan fingerprint density at radius 3 is 2.76 bits per heavy atom. The van der Waals surface area contributed by atoms with E-state index in [1.807, 2.05) is 24.3 Å². The van der Waals surface area contributed by atoms with Gasteiger partial charge in [-0.2, -0.15) is 0 Å². The lowest BCUT2D eigenvalue weighted by Gasteiger charge is -2.11. The van der Waals surface area contributed by atoms with Crippen LogP contribution in [-0.2, 0) is 10.8 Å². The summed E-state index contributed by atoms with van der Waals surface area (Å²) in [4.78, 5) is 0.906. The van der Waals surface area contributed by atoms with E-state index < -0.39 is 10.8 Å². The SMILES string of the molecule is CCNC(C)CCCS(=O)c1ccccc1Br. The van der Waals surface area contributed by atoms with Crippen molar-refractivity contribution in [3.63, 3.8) is 0 Å². The second-order valence-corrected chi connectivity index (χ2v) is 6.47. The van der Waals surface area contributed by atoms with Gasteiger partial charge in [0.15, 0.2) is 0 Å². The molecule has 2 unspecified atom stereocenters. The molecule has 0 spiro atoms. The zero-order valence-electron chi connectivity index (χ0n) is 10.4. The molecule has 0 fully saturated rings. The van der Waals surface area contributed by atoms with Gasteiger partial charge in [0.05, 0.1) is 15.7 Å². The predicted octanol–water partition coefficient (Wildman–Crippen LogP) is 3.33. The highest BCUT2D eigenvalue weighted by Gasteiger charge is 2.08. The number of rotatable bonds is 7. The molecule has 4 heteroatoms. The van der Waals surface area contributed by atoms with Crippen molar-refractivity contribution in [2.45, 2.75) is 37.6 Å². The minimum Gasteiger partial charge on any atom is -0.315 e. The minimum atomic E-state index is -0.890. The third-order valence-electron chi connectivity index (χ3n) is 2.60. The van der Waals surface area contributed by atoms with Gasteiger partial charge in [0.2, 0.25) is 0 Å². The molecule has 0 saturated carbocycles. The first kappa shape index (κ1) is 14.9. The van der Waals surface area contributed by atoms with E-state index >= 15 is 0 Å². The molecule has 0 bridgehead atoms. The van der Waals surface area contributed by atoms with Crippen LogP contribution < -0.4 is 5.32 Å². The van der Waals surface area contributed by atoms with Gasteiger partial charge in [0.25, 0.3) is 0 Å². The van der Waals surface area contributed by atoms with Gasteiger partial charge in [-0.1, -0.05) is 19.1 Å². The van der Waals surface area contributed by atoms with Crippen LogP contribution in [0.2, 0.25) is 0 Å². The van der Waals surface area contributed by atoms with Crippen LogP contribution in [0.15, 0.2) is 33.6 Å². The van der Waals surface area contributed by atoms with Crippen LogP contribution in [0, 0.1) is 0 Å². The summed E-state index contributed by atoms with van der Waals surface area (Å²) in [5, 5.41) is 3.36. The first-order chi connectivity index (χ1) is 8.15. The number of hydrogen-bond acceptors (Lipinski definition) is 2. The number of benzene rings is 1. The summed E-state index contributed by atoms with van der Waals surface area (Å²) < 4.78 is 13.0. The van der Waals surface area contributed by atoms with Gasteiger partial charge >= 0.3 is 0 Å². The maximum Gasteiger partial charge on any atom is 0.0541 e. The van der Waals surface area contributed by atoms with Crippen LogP contribution in [0.5, 0.6) is 0 Å². The van der Waals surface area contributed by atoms with E-state index in [2.05, 4.69) is 35.1 Å². The molecule has 0 aromatic heterocycles. The second kappa shape index (κ2) is 8.01. The molecule has 1 N–H and O–H groups in total. The second-order valence-electron chi connectivity index (χ2n) is 4.08. The summed E-state index contributed by atoms with van der Waals surface area (Å²) >= 11 is 3.44. The van der Waals surface area contributed by atoms with E-state index in [4.69, 9.17) is 0 Å². The topological polar surface area (TPSA) is 29.1 Å². The molecule has 0 aliphatic carbocycles. The molecule has 0 radical (unpaired) electrons. The predicted molar refractivity (Wildman–Crippen MR) is 77.8 cm³/mol. The highest BCUT2D eigenvalue weighted by molar-refractivity contribution is 9.10. The Balaban J connectivity index is 2.38. The monoisotopic (exact) mass is 317 g/mol. The molecule has 2 nitrogen and oxygen atoms in total. The lowest BCUT2D eigenvalue weighted by Crippen LogP contribution is -2.25. The molecule has 1 aromatic carbocycles. The van der Waals surface area contributed by atoms with Crippen molar-refractivity contribution in [2.24, 2.45) is 0 Å². The normalized spacial score (nSPS) is 14.5. The lowest BCUT2D eigenvalue weighted by molar-refractivity contribution is 0.525. The maximum absolute atomic E-state index is 12.1. The molecule has 0 amide bonds. The molecule has 17 heavy (non-hydrogen) atoms. The number of nitrogens with one attached hydrogen (secondary N) is 1. The molecule has 0 heterocycles. The van der Waals surface area contributed by atoms with Gasteiger partial charge in [0, 0.05) is 16.3 Å². The molecule has 2 atom stereocenters. The first-order valence-corrected chi connectivity index (χ1v) is 8.12. The first-order valence-electron chi connectivity index (χ1n) is 6.01. The van der Waals surface area contributed by atoms with Crippen molar-refractivity contribution in [3.8, 4) is 0 Å². The van der Waals surface area contributed by atoms with Crippen molar-refractivity contribution in [2.75, 3.05) is 12.3 Å². The maximum atomic E-state index is 12.1. The fourth-order valence-electron chi connectivity index (χ4n) is 1.71. The molecular formula is C13H20BrNOS. The van der Waals surface area contributed by atoms with Crippen molar-refractivity contribution in [1.29, 1.82) is 0 Å². The Hall–Kier alpha value is -0.190. The fourth-order valence-corrected chi connectivity index (χ4v) is 3.70. The summed E-state index contributed by atoms with van der Waals surface area (Å²) in [7, 11) is -0.890. The van der Waals surface area contributed by atoms with E-state index in [1.54, 1.807) is 0 Å². The third-order valence-corrected chi connectivity index (χ3v) is 5.06. The molecule has 0 aliphatic heterocycles. The van der Waals surface area contributed by atoms with E-state index in [9.17, 15) is 4.21 Å². The molecule has 1 rings (SSSR count). The highest BCUT2D eigenvalue weighted by atomic mass is 79.9. The number of hydrogen-bond donors (Lipinski definition) is 1. The van der Waals surface area contributed by atoms with E-state index in [0.29, 0.717) is 6.04 Å². The third kappa shape index (κ3) is 5.32. The van der Waals surface area contributed by atoms with Crippen molar-refractivity contribution in [1.82, 2.24) is 5.32 Å². The molecule has 1 aromatic rings. The average molecular weight is 318 g/mol. The van der Waals surface area contributed by atoms with Crippen LogP contribution in [-0.4, -0.2) is 22.5 Å². The number of halogens is 1. The molecular weight excluding hydrogens is 298 g/mol. The van der Waals surface area contributed by atoms with Crippen molar-refractivity contribution >= 4 is 26.7 Å². The molecule has 96 valence electrons. The lowest BCUT2D eigenvalue weighted by atomic mass is 10.2. The summed E-state index contributed by atoms with van der Waals surface area (Å²) in [6.07, 6.45) is 2.06. The van der Waals surface area contributed by atoms with Crippen LogP contribution in [0.1, 0.15) is 26.7 Å². The molecule has 0 aliphatic rings. The summed E-state index contributed by atoms with van der Waals surface area (Å²) in [6.45, 7) is 5.27. The quantitative estimate of drug-likeness (QED) is 0.835. The van der Waals surface area contributed by atoms with Gasteiger partial charge in [0.1, 0.15) is 0 Å². The average Bonchev–Trinajstić information content (AvgIpc) is 2.29. The molecule has 0 saturated heterocycles. The largest absolute Gasteiger partial charge is 0.315 e. The van der Waals surface area contributed by atoms with Crippen LogP contribution in [0.25, 0.3) is 0 Å². The van der Waals surface area contributed by atoms with Gasteiger partial charge in [-0.3, -0.25) is 4.21 Å². The summed E-state index contributed by atoms with van der Waals surface area (Å²) in [5.74, 6) is 0.734. The Morgan fingerprint density at radius 1 is 1.41 bits per heavy atom. The van der Waals surface area contributed by atoms with Gasteiger partial charge in [-0.05, 0) is 54.4 Å². The smallest absolute Gasteiger partial charge is 0.0541 e. The minimum absolute atomic E-state index is 0.510. The van der Waals surface area contributed by atoms with E-state index in [1.165, 1.54) is 0 Å². The zero-order valence-corrected chi connectivity index (χ0v) is 12.8. The fraction of sp³-hybridized carbons (Fsp3) is 0.538. The Morgan fingerprint density at radius 2 is 2.12 bits per heavy atom. The zero-order chi connectivity index (χ0) is 12.7.